The lowest BCUT2D eigenvalue weighted by Crippen LogP contribution is -2.18. The molecule has 18 heavy (non-hydrogen) atoms. The van der Waals surface area contributed by atoms with Gasteiger partial charge in [0.15, 0.2) is 0 Å². The zero-order valence-corrected chi connectivity index (χ0v) is 10.7. The summed E-state index contributed by atoms with van der Waals surface area (Å²) in [6, 6.07) is 4.18. The molecule has 0 bridgehead atoms. The molecule has 6 nitrogen and oxygen atoms in total. The van der Waals surface area contributed by atoms with Gasteiger partial charge in [-0.2, -0.15) is 0 Å². The van der Waals surface area contributed by atoms with E-state index in [4.69, 9.17) is 9.84 Å². The van der Waals surface area contributed by atoms with Crippen LogP contribution in [0, 0.1) is 0 Å². The van der Waals surface area contributed by atoms with Crippen molar-refractivity contribution < 1.29 is 23.1 Å². The molecule has 0 spiro atoms. The zero-order chi connectivity index (χ0) is 13.8. The van der Waals surface area contributed by atoms with Gasteiger partial charge in [0, 0.05) is 11.6 Å². The number of hydrogen-bond donors (Lipinski definition) is 2. The predicted octanol–water partition coefficient (Wildman–Crippen LogP) is 0.701. The molecule has 2 N–H and O–H groups in total. The van der Waals surface area contributed by atoms with Gasteiger partial charge in [-0.3, -0.25) is 0 Å². The minimum atomic E-state index is -3.57. The highest BCUT2D eigenvalue weighted by atomic mass is 32.2. The fourth-order valence-corrected chi connectivity index (χ4v) is 2.05. The molecule has 0 unspecified atom stereocenters. The maximum absolute atomic E-state index is 11.6. The van der Waals surface area contributed by atoms with Gasteiger partial charge >= 0.3 is 5.97 Å². The Morgan fingerprint density at radius 3 is 2.61 bits per heavy atom. The second kappa shape index (κ2) is 5.65. The van der Waals surface area contributed by atoms with Crippen LogP contribution >= 0.6 is 0 Å². The van der Waals surface area contributed by atoms with Crippen molar-refractivity contribution in [1.29, 1.82) is 0 Å². The second-order valence-corrected chi connectivity index (χ2v) is 5.17. The first-order valence-corrected chi connectivity index (χ1v) is 6.41. The fraction of sp³-hybridized carbons (Fsp3) is 0.182. The minimum Gasteiger partial charge on any atom is -0.496 e. The van der Waals surface area contributed by atoms with Crippen molar-refractivity contribution in [1.82, 2.24) is 4.72 Å². The van der Waals surface area contributed by atoms with Crippen molar-refractivity contribution in [3.8, 4) is 5.75 Å². The van der Waals surface area contributed by atoms with Crippen LogP contribution in [0.15, 0.2) is 29.2 Å². The van der Waals surface area contributed by atoms with Crippen LogP contribution in [-0.4, -0.2) is 33.7 Å². The van der Waals surface area contributed by atoms with Crippen LogP contribution in [0.1, 0.15) is 5.56 Å². The summed E-state index contributed by atoms with van der Waals surface area (Å²) in [7, 11) is -0.857. The first kappa shape index (κ1) is 14.2. The Kier molecular flexibility index (Phi) is 4.46. The fourth-order valence-electron chi connectivity index (χ4n) is 1.29. The van der Waals surface area contributed by atoms with E-state index in [1.54, 1.807) is 0 Å². The SMILES string of the molecule is CNS(=O)(=O)c1ccc(OC)c(/C=C/C(=O)O)c1. The number of carboxylic acids is 1. The number of benzene rings is 1. The Hall–Kier alpha value is -1.86. The summed E-state index contributed by atoms with van der Waals surface area (Å²) in [5.41, 5.74) is 0.372. The smallest absolute Gasteiger partial charge is 0.328 e. The molecule has 1 aromatic rings. The monoisotopic (exact) mass is 271 g/mol. The number of hydrogen-bond acceptors (Lipinski definition) is 4. The molecule has 0 heterocycles. The average molecular weight is 271 g/mol. The maximum Gasteiger partial charge on any atom is 0.328 e. The number of rotatable bonds is 5. The summed E-state index contributed by atoms with van der Waals surface area (Å²) in [5.74, 6) is -0.735. The summed E-state index contributed by atoms with van der Waals surface area (Å²) < 4.78 is 30.4. The van der Waals surface area contributed by atoms with Crippen LogP contribution < -0.4 is 9.46 Å². The average Bonchev–Trinajstić information content (AvgIpc) is 2.35. The molecule has 1 aromatic carbocycles. The van der Waals surface area contributed by atoms with Gasteiger partial charge in [0.1, 0.15) is 5.75 Å². The van der Waals surface area contributed by atoms with E-state index < -0.39 is 16.0 Å². The number of nitrogens with one attached hydrogen (secondary N) is 1. The number of ether oxygens (including phenoxy) is 1. The summed E-state index contributed by atoms with van der Waals surface area (Å²) in [5, 5.41) is 8.56. The molecule has 7 heteroatoms. The van der Waals surface area contributed by atoms with Gasteiger partial charge in [-0.15, -0.1) is 0 Å². The Balaban J connectivity index is 3.30. The highest BCUT2D eigenvalue weighted by Crippen LogP contribution is 2.23. The standard InChI is InChI=1S/C11H13NO5S/c1-12-18(15,16)9-4-5-10(17-2)8(7-9)3-6-11(13)14/h3-7,12H,1-2H3,(H,13,14)/b6-3+. The van der Waals surface area contributed by atoms with E-state index in [2.05, 4.69) is 4.72 Å². The van der Waals surface area contributed by atoms with Gasteiger partial charge < -0.3 is 9.84 Å². The minimum absolute atomic E-state index is 0.0378. The lowest BCUT2D eigenvalue weighted by Gasteiger charge is -2.08. The molecular weight excluding hydrogens is 258 g/mol. The molecule has 0 aliphatic rings. The van der Waals surface area contributed by atoms with Crippen LogP contribution in [0.5, 0.6) is 5.75 Å². The third-order valence-electron chi connectivity index (χ3n) is 2.19. The number of methoxy groups -OCH3 is 1. The topological polar surface area (TPSA) is 92.7 Å². The molecule has 0 atom stereocenters. The molecule has 0 amide bonds. The number of carboxylic acid groups (broad SMARTS) is 1. The predicted molar refractivity (Wildman–Crippen MR) is 65.9 cm³/mol. The van der Waals surface area contributed by atoms with Crippen LogP contribution in [0.2, 0.25) is 0 Å². The van der Waals surface area contributed by atoms with Gasteiger partial charge in [0.2, 0.25) is 10.0 Å². The van der Waals surface area contributed by atoms with E-state index in [1.165, 1.54) is 38.4 Å². The summed E-state index contributed by atoms with van der Waals surface area (Å²) in [6.45, 7) is 0. The highest BCUT2D eigenvalue weighted by Gasteiger charge is 2.13. The van der Waals surface area contributed by atoms with E-state index in [0.29, 0.717) is 11.3 Å². The Bertz CT molecular complexity index is 577. The van der Waals surface area contributed by atoms with Crippen LogP contribution in [0.25, 0.3) is 6.08 Å². The summed E-state index contributed by atoms with van der Waals surface area (Å²) in [6.07, 6.45) is 2.18. The van der Waals surface area contributed by atoms with E-state index in [1.807, 2.05) is 0 Å². The maximum atomic E-state index is 11.6. The Morgan fingerprint density at radius 2 is 2.11 bits per heavy atom. The summed E-state index contributed by atoms with van der Waals surface area (Å²) in [4.78, 5) is 10.5. The first-order valence-electron chi connectivity index (χ1n) is 4.93. The van der Waals surface area contributed by atoms with Crippen LogP contribution in [0.3, 0.4) is 0 Å². The molecule has 0 saturated carbocycles. The van der Waals surface area contributed by atoms with Crippen molar-refractivity contribution in [2.24, 2.45) is 0 Å². The quantitative estimate of drug-likeness (QED) is 0.769. The number of aliphatic carboxylic acids is 1. The molecule has 98 valence electrons. The highest BCUT2D eigenvalue weighted by molar-refractivity contribution is 7.89. The first-order chi connectivity index (χ1) is 8.40. The molecule has 0 aromatic heterocycles. The number of sulfonamides is 1. The van der Waals surface area contributed by atoms with Crippen LogP contribution in [-0.2, 0) is 14.8 Å². The molecule has 0 aliphatic carbocycles. The number of carbonyl (C=O) groups is 1. The van der Waals surface area contributed by atoms with Gasteiger partial charge in [0.25, 0.3) is 0 Å². The normalized spacial score (nSPS) is 11.7. The third-order valence-corrected chi connectivity index (χ3v) is 3.60. The van der Waals surface area contributed by atoms with E-state index >= 15 is 0 Å². The van der Waals surface area contributed by atoms with E-state index in [-0.39, 0.29) is 4.90 Å². The Morgan fingerprint density at radius 1 is 1.44 bits per heavy atom. The Labute approximate surface area is 105 Å². The zero-order valence-electron chi connectivity index (χ0n) is 9.88. The summed E-state index contributed by atoms with van der Waals surface area (Å²) >= 11 is 0. The molecule has 0 radical (unpaired) electrons. The largest absolute Gasteiger partial charge is 0.496 e. The van der Waals surface area contributed by atoms with Gasteiger partial charge in [0.05, 0.1) is 12.0 Å². The van der Waals surface area contributed by atoms with Crippen molar-refractivity contribution in [3.05, 3.63) is 29.8 Å². The van der Waals surface area contributed by atoms with Crippen molar-refractivity contribution in [2.45, 2.75) is 4.90 Å². The van der Waals surface area contributed by atoms with Crippen molar-refractivity contribution in [3.63, 3.8) is 0 Å². The lowest BCUT2D eigenvalue weighted by atomic mass is 10.2. The molecule has 0 aliphatic heterocycles. The van der Waals surface area contributed by atoms with Gasteiger partial charge in [-0.25, -0.2) is 17.9 Å². The van der Waals surface area contributed by atoms with E-state index in [0.717, 1.165) is 6.08 Å². The molecular formula is C11H13NO5S. The van der Waals surface area contributed by atoms with Gasteiger partial charge in [-0.05, 0) is 31.3 Å². The lowest BCUT2D eigenvalue weighted by molar-refractivity contribution is -0.131. The molecule has 0 fully saturated rings. The van der Waals surface area contributed by atoms with Gasteiger partial charge in [-0.1, -0.05) is 0 Å². The second-order valence-electron chi connectivity index (χ2n) is 3.28. The van der Waals surface area contributed by atoms with Crippen molar-refractivity contribution >= 4 is 22.1 Å². The van der Waals surface area contributed by atoms with Crippen molar-refractivity contribution in [2.75, 3.05) is 14.2 Å². The molecule has 0 saturated heterocycles. The molecule has 1 rings (SSSR count). The third kappa shape index (κ3) is 3.31. The van der Waals surface area contributed by atoms with E-state index in [9.17, 15) is 13.2 Å². The van der Waals surface area contributed by atoms with Crippen LogP contribution in [0.4, 0.5) is 0 Å².